The van der Waals surface area contributed by atoms with Crippen LogP contribution in [0.5, 0.6) is 0 Å². The first-order chi connectivity index (χ1) is 25.7. The Hall–Kier alpha value is -6.44. The van der Waals surface area contributed by atoms with Crippen molar-refractivity contribution in [1.82, 2.24) is 0 Å². The fourth-order valence-electron chi connectivity index (χ4n) is 9.30. The van der Waals surface area contributed by atoms with E-state index in [2.05, 4.69) is 218 Å². The van der Waals surface area contributed by atoms with Gasteiger partial charge in [-0.25, -0.2) is 0 Å². The normalized spacial score (nSPS) is 16.0. The maximum Gasteiger partial charge on any atom is 0.0713 e. The van der Waals surface area contributed by atoms with E-state index in [4.69, 9.17) is 0 Å². The van der Waals surface area contributed by atoms with Crippen LogP contribution in [-0.2, 0) is 10.8 Å². The van der Waals surface area contributed by atoms with Crippen LogP contribution in [0.3, 0.4) is 0 Å². The van der Waals surface area contributed by atoms with Gasteiger partial charge in [0.15, 0.2) is 0 Å². The molecule has 2 aliphatic carbocycles. The second-order valence-corrected chi connectivity index (χ2v) is 14.2. The molecule has 0 fully saturated rings. The minimum absolute atomic E-state index is 0.284. The first kappa shape index (κ1) is 30.4. The lowest BCUT2D eigenvalue weighted by atomic mass is 9.68. The van der Waals surface area contributed by atoms with E-state index in [0.717, 1.165) is 17.1 Å². The zero-order chi connectivity index (χ0) is 34.7. The number of hydrogen-bond donors (Lipinski definition) is 0. The van der Waals surface area contributed by atoms with E-state index in [1.54, 1.807) is 0 Å². The minimum atomic E-state index is -0.429. The highest BCUT2D eigenvalue weighted by Crippen LogP contribution is 2.58. The van der Waals surface area contributed by atoms with Gasteiger partial charge in [-0.3, -0.25) is 0 Å². The molecule has 0 bridgehead atoms. The summed E-state index contributed by atoms with van der Waals surface area (Å²) >= 11 is 0. The quantitative estimate of drug-likeness (QED) is 0.171. The second-order valence-electron chi connectivity index (χ2n) is 14.2. The van der Waals surface area contributed by atoms with Gasteiger partial charge in [-0.05, 0) is 105 Å². The highest BCUT2D eigenvalue weighted by Gasteiger charge is 2.46. The smallest absolute Gasteiger partial charge is 0.0713 e. The number of anilines is 3. The summed E-state index contributed by atoms with van der Waals surface area (Å²) in [5.41, 5.74) is 17.0. The Labute approximate surface area is 306 Å². The lowest BCUT2D eigenvalue weighted by Gasteiger charge is -2.34. The standard InChI is InChI=1S/C51H37N/c1-50(36-18-6-2-7-19-36)46-28-16-14-26-42(46)44-32-30-41(35-49(44)50)52(39-24-12-5-13-25-39)40-31-33-48-45(34-40)43-27-15-17-29-47(43)51(48,37-20-8-3-9-21-37)38-22-10-4-11-23-38/h2-35H,1H3. The third-order valence-electron chi connectivity index (χ3n) is 11.6. The van der Waals surface area contributed by atoms with Crippen molar-refractivity contribution >= 4 is 17.1 Å². The van der Waals surface area contributed by atoms with Gasteiger partial charge in [0.25, 0.3) is 0 Å². The van der Waals surface area contributed by atoms with E-state index in [0.29, 0.717) is 0 Å². The van der Waals surface area contributed by atoms with E-state index in [1.807, 2.05) is 0 Å². The summed E-state index contributed by atoms with van der Waals surface area (Å²) in [7, 11) is 0. The van der Waals surface area contributed by atoms with Crippen molar-refractivity contribution < 1.29 is 0 Å². The summed E-state index contributed by atoms with van der Waals surface area (Å²) in [5.74, 6) is 0. The predicted molar refractivity (Wildman–Crippen MR) is 216 cm³/mol. The van der Waals surface area contributed by atoms with E-state index < -0.39 is 5.41 Å². The molecule has 1 unspecified atom stereocenters. The summed E-state index contributed by atoms with van der Waals surface area (Å²) in [6, 6.07) is 76.0. The zero-order valence-electron chi connectivity index (χ0n) is 29.1. The lowest BCUT2D eigenvalue weighted by molar-refractivity contribution is 0.714. The van der Waals surface area contributed by atoms with Gasteiger partial charge in [0.2, 0.25) is 0 Å². The first-order valence-electron chi connectivity index (χ1n) is 18.2. The van der Waals surface area contributed by atoms with Gasteiger partial charge in [0, 0.05) is 22.5 Å². The fraction of sp³-hybridized carbons (Fsp3) is 0.0588. The van der Waals surface area contributed by atoms with Gasteiger partial charge in [-0.2, -0.15) is 0 Å². The molecule has 0 radical (unpaired) electrons. The van der Waals surface area contributed by atoms with Crippen LogP contribution < -0.4 is 4.90 Å². The molecule has 0 heterocycles. The van der Waals surface area contributed by atoms with Gasteiger partial charge in [-0.15, -0.1) is 0 Å². The molecule has 0 spiro atoms. The zero-order valence-corrected chi connectivity index (χ0v) is 29.1. The molecule has 1 heteroatoms. The number of nitrogens with zero attached hydrogens (tertiary/aromatic N) is 1. The van der Waals surface area contributed by atoms with E-state index in [-0.39, 0.29) is 5.41 Å². The largest absolute Gasteiger partial charge is 0.310 e. The Morgan fingerprint density at radius 3 is 1.38 bits per heavy atom. The summed E-state index contributed by atoms with van der Waals surface area (Å²) < 4.78 is 0. The molecule has 0 saturated heterocycles. The molecule has 0 aliphatic heterocycles. The number of hydrogen-bond acceptors (Lipinski definition) is 1. The highest BCUT2D eigenvalue weighted by molar-refractivity contribution is 5.91. The number of fused-ring (bicyclic) bond motifs is 6. The van der Waals surface area contributed by atoms with Crippen molar-refractivity contribution in [3.8, 4) is 22.3 Å². The molecule has 52 heavy (non-hydrogen) atoms. The average Bonchev–Trinajstić information content (AvgIpc) is 3.66. The Kier molecular flexibility index (Phi) is 6.91. The summed E-state index contributed by atoms with van der Waals surface area (Å²) in [6.07, 6.45) is 0. The van der Waals surface area contributed by atoms with Crippen LogP contribution in [0.4, 0.5) is 17.1 Å². The number of benzene rings is 8. The maximum atomic E-state index is 2.44. The highest BCUT2D eigenvalue weighted by atomic mass is 15.1. The summed E-state index contributed by atoms with van der Waals surface area (Å²) in [5, 5.41) is 0. The third kappa shape index (κ3) is 4.29. The molecule has 0 aromatic heterocycles. The molecule has 1 nitrogen and oxygen atoms in total. The average molecular weight is 664 g/mol. The molecule has 8 aromatic rings. The Morgan fingerprint density at radius 1 is 0.308 bits per heavy atom. The van der Waals surface area contributed by atoms with Crippen molar-refractivity contribution in [3.63, 3.8) is 0 Å². The molecular weight excluding hydrogens is 627 g/mol. The molecular formula is C51H37N. The fourth-order valence-corrected chi connectivity index (χ4v) is 9.30. The van der Waals surface area contributed by atoms with Crippen LogP contribution in [0.15, 0.2) is 206 Å². The van der Waals surface area contributed by atoms with Crippen LogP contribution in [-0.4, -0.2) is 0 Å². The lowest BCUT2D eigenvalue weighted by Crippen LogP contribution is -2.28. The molecule has 0 saturated carbocycles. The molecule has 0 N–H and O–H groups in total. The Bertz CT molecular complexity index is 2530. The summed E-state index contributed by atoms with van der Waals surface area (Å²) in [4.78, 5) is 2.43. The monoisotopic (exact) mass is 663 g/mol. The maximum absolute atomic E-state index is 2.44. The van der Waals surface area contributed by atoms with E-state index in [9.17, 15) is 0 Å². The van der Waals surface area contributed by atoms with Crippen molar-refractivity contribution in [2.45, 2.75) is 17.8 Å². The van der Waals surface area contributed by atoms with Gasteiger partial charge < -0.3 is 4.90 Å². The van der Waals surface area contributed by atoms with Crippen molar-refractivity contribution in [2.24, 2.45) is 0 Å². The van der Waals surface area contributed by atoms with Crippen LogP contribution in [0.25, 0.3) is 22.3 Å². The molecule has 10 rings (SSSR count). The summed E-state index contributed by atoms with van der Waals surface area (Å²) in [6.45, 7) is 2.39. The van der Waals surface area contributed by atoms with Crippen LogP contribution in [0.2, 0.25) is 0 Å². The van der Waals surface area contributed by atoms with Gasteiger partial charge >= 0.3 is 0 Å². The van der Waals surface area contributed by atoms with Crippen molar-refractivity contribution in [1.29, 1.82) is 0 Å². The topological polar surface area (TPSA) is 3.24 Å². The second kappa shape index (κ2) is 11.8. The first-order valence-corrected chi connectivity index (χ1v) is 18.2. The van der Waals surface area contributed by atoms with Gasteiger partial charge in [0.05, 0.1) is 5.41 Å². The SMILES string of the molecule is CC1(c2ccccc2)c2ccccc2-c2ccc(N(c3ccccc3)c3ccc4c(c3)-c3ccccc3C4(c3ccccc3)c3ccccc3)cc21. The molecule has 1 atom stereocenters. The molecule has 246 valence electrons. The Morgan fingerprint density at radius 2 is 0.750 bits per heavy atom. The minimum Gasteiger partial charge on any atom is -0.310 e. The van der Waals surface area contributed by atoms with Crippen molar-refractivity contribution in [3.05, 3.63) is 245 Å². The van der Waals surface area contributed by atoms with Crippen LogP contribution in [0.1, 0.15) is 45.9 Å². The molecule has 8 aromatic carbocycles. The predicted octanol–water partition coefficient (Wildman–Crippen LogP) is 12.9. The van der Waals surface area contributed by atoms with Gasteiger partial charge in [-0.1, -0.05) is 170 Å². The van der Waals surface area contributed by atoms with Crippen LogP contribution >= 0.6 is 0 Å². The number of rotatable bonds is 6. The van der Waals surface area contributed by atoms with E-state index >= 15 is 0 Å². The van der Waals surface area contributed by atoms with Crippen molar-refractivity contribution in [2.75, 3.05) is 4.90 Å². The Balaban J connectivity index is 1.20. The number of para-hydroxylation sites is 1. The molecule has 2 aliphatic rings. The molecule has 0 amide bonds. The third-order valence-corrected chi connectivity index (χ3v) is 11.6. The van der Waals surface area contributed by atoms with Gasteiger partial charge in [0.1, 0.15) is 0 Å². The van der Waals surface area contributed by atoms with Crippen LogP contribution in [0, 0.1) is 0 Å². The van der Waals surface area contributed by atoms with E-state index in [1.165, 1.54) is 61.2 Å².